The van der Waals surface area contributed by atoms with Crippen LogP contribution in [0.2, 0.25) is 35.7 Å². The van der Waals surface area contributed by atoms with E-state index >= 15 is 0 Å². The summed E-state index contributed by atoms with van der Waals surface area (Å²) in [7, 11) is -1.28. The lowest BCUT2D eigenvalue weighted by Crippen LogP contribution is -2.27. The average molecular weight is 751 g/mol. The number of carbonyl (C=O) groups is 1. The smallest absolute Gasteiger partial charge is 0.233 e. The van der Waals surface area contributed by atoms with Gasteiger partial charge in [0.25, 0.3) is 0 Å². The Hall–Kier alpha value is -2.48. The normalized spacial score (nSPS) is 17.5. The summed E-state index contributed by atoms with van der Waals surface area (Å²) in [5.74, 6) is 1.37. The molecule has 1 aromatic carbocycles. The Morgan fingerprint density at radius 2 is 1.96 bits per heavy atom. The van der Waals surface area contributed by atoms with E-state index in [1.807, 2.05) is 34.7 Å². The molecule has 6 rings (SSSR count). The lowest BCUT2D eigenvalue weighted by Gasteiger charge is -2.23. The van der Waals surface area contributed by atoms with Crippen LogP contribution in [0.25, 0.3) is 22.4 Å². The fourth-order valence-corrected chi connectivity index (χ4v) is 7.72. The number of benzene rings is 1. The van der Waals surface area contributed by atoms with Crippen molar-refractivity contribution in [1.82, 2.24) is 29.2 Å². The second-order valence-electron chi connectivity index (χ2n) is 13.1. The molecule has 1 saturated heterocycles. The quantitative estimate of drug-likeness (QED) is 0.0872. The fourth-order valence-electron chi connectivity index (χ4n) is 5.94. The van der Waals surface area contributed by atoms with Crippen molar-refractivity contribution >= 4 is 64.0 Å². The zero-order valence-electron chi connectivity index (χ0n) is 26.6. The van der Waals surface area contributed by atoms with Crippen molar-refractivity contribution in [3.63, 3.8) is 0 Å². The summed E-state index contributed by atoms with van der Waals surface area (Å²) in [5.41, 5.74) is 4.14. The zero-order chi connectivity index (χ0) is 32.6. The third-order valence-corrected chi connectivity index (χ3v) is 11.2. The largest absolute Gasteiger partial charge is 0.486 e. The van der Waals surface area contributed by atoms with E-state index in [4.69, 9.17) is 47.5 Å². The topological polar surface area (TPSA) is 96.5 Å². The van der Waals surface area contributed by atoms with Gasteiger partial charge in [0, 0.05) is 44.6 Å². The molecular formula is C32H39BrCl2N6O4Si. The molecule has 0 N–H and O–H groups in total. The molecule has 1 fully saturated rings. The van der Waals surface area contributed by atoms with Gasteiger partial charge >= 0.3 is 0 Å². The number of ether oxygens (including phenoxy) is 3. The summed E-state index contributed by atoms with van der Waals surface area (Å²) in [4.78, 5) is 23.6. The van der Waals surface area contributed by atoms with Gasteiger partial charge in [0.2, 0.25) is 5.91 Å². The Morgan fingerprint density at radius 1 is 1.17 bits per heavy atom. The van der Waals surface area contributed by atoms with Crippen molar-refractivity contribution in [3.05, 3.63) is 57.6 Å². The summed E-state index contributed by atoms with van der Waals surface area (Å²) in [6, 6.07) is 6.99. The van der Waals surface area contributed by atoms with Crippen LogP contribution in [0.15, 0.2) is 30.6 Å². The number of halogens is 3. The van der Waals surface area contributed by atoms with Crippen molar-refractivity contribution in [2.75, 3.05) is 18.5 Å². The van der Waals surface area contributed by atoms with Gasteiger partial charge in [-0.3, -0.25) is 9.78 Å². The van der Waals surface area contributed by atoms with Gasteiger partial charge in [-0.2, -0.15) is 5.10 Å². The van der Waals surface area contributed by atoms with Gasteiger partial charge in [-0.05, 0) is 50.4 Å². The molecule has 10 nitrogen and oxygen atoms in total. The number of fused-ring (bicyclic) bond motifs is 2. The lowest BCUT2D eigenvalue weighted by atomic mass is 10.1. The van der Waals surface area contributed by atoms with Crippen LogP contribution in [-0.2, 0) is 34.1 Å². The Balaban J connectivity index is 1.42. The first-order chi connectivity index (χ1) is 22.0. The Bertz CT molecular complexity index is 1720. The highest BCUT2D eigenvalue weighted by molar-refractivity contribution is 9.09. The van der Waals surface area contributed by atoms with Crippen LogP contribution in [0.4, 0.5) is 0 Å². The molecule has 14 heteroatoms. The molecular weight excluding hydrogens is 711 g/mol. The molecule has 2 unspecified atom stereocenters. The van der Waals surface area contributed by atoms with E-state index in [2.05, 4.69) is 45.1 Å². The van der Waals surface area contributed by atoms with Gasteiger partial charge in [0.05, 0.1) is 45.4 Å². The Morgan fingerprint density at radius 3 is 2.65 bits per heavy atom. The number of carbonyl (C=O) groups excluding carboxylic acids is 1. The van der Waals surface area contributed by atoms with Gasteiger partial charge in [-0.1, -0.05) is 58.8 Å². The molecule has 2 atom stereocenters. The van der Waals surface area contributed by atoms with E-state index < -0.39 is 14.2 Å². The summed E-state index contributed by atoms with van der Waals surface area (Å²) in [6.07, 6.45) is 5.50. The first kappa shape index (κ1) is 33.4. The number of alkyl halides is 1. The number of imidazole rings is 1. The monoisotopic (exact) mass is 748 g/mol. The average Bonchev–Trinajstić information content (AvgIpc) is 3.70. The minimum atomic E-state index is -1.28. The standard InChI is InChI=1S/C32H39BrCl2N6O4Si/c1-20(30-23(34)15-36-16-24(30)35)45-21-8-9-26-22(13-21)31(38-41(26)29-7-5-6-10-44-29)32-37-25-17-39(28(42)14-33)18-27(25)40(32)19-43-11-12-46(2,3)4/h8-9,13,15-16,20,29H,5-7,10-12,14,17-19H2,1-4H3. The highest BCUT2D eigenvalue weighted by Gasteiger charge is 2.32. The maximum atomic E-state index is 12.6. The molecule has 0 aliphatic carbocycles. The number of nitrogens with zero attached hydrogens (tertiary/aromatic N) is 6. The maximum absolute atomic E-state index is 12.6. The molecule has 0 saturated carbocycles. The van der Waals surface area contributed by atoms with Crippen molar-refractivity contribution in [3.8, 4) is 17.3 Å². The second-order valence-corrected chi connectivity index (χ2v) is 20.1. The predicted octanol–water partition coefficient (Wildman–Crippen LogP) is 7.99. The van der Waals surface area contributed by atoms with Crippen LogP contribution in [0, 0.1) is 0 Å². The third kappa shape index (κ3) is 7.02. The first-order valence-electron chi connectivity index (χ1n) is 15.6. The summed E-state index contributed by atoms with van der Waals surface area (Å²) >= 11 is 16.2. The SMILES string of the molecule is CC(Oc1ccc2c(c1)c(-c1nc3c(n1COCC[Si](C)(C)C)CN(C(=O)CBr)C3)nn2C1CCCCO1)c1c(Cl)cncc1Cl. The van der Waals surface area contributed by atoms with Crippen molar-refractivity contribution < 1.29 is 19.0 Å². The van der Waals surface area contributed by atoms with E-state index in [1.165, 1.54) is 0 Å². The minimum absolute atomic E-state index is 0.0280. The number of rotatable bonds is 11. The molecule has 246 valence electrons. The van der Waals surface area contributed by atoms with Crippen molar-refractivity contribution in [1.29, 1.82) is 0 Å². The minimum Gasteiger partial charge on any atom is -0.486 e. The number of hydrogen-bond donors (Lipinski definition) is 0. The van der Waals surface area contributed by atoms with E-state index in [-0.39, 0.29) is 17.5 Å². The van der Waals surface area contributed by atoms with Crippen LogP contribution in [0.3, 0.4) is 0 Å². The van der Waals surface area contributed by atoms with Gasteiger partial charge in [0.1, 0.15) is 24.3 Å². The number of hydrogen-bond acceptors (Lipinski definition) is 7. The lowest BCUT2D eigenvalue weighted by molar-refractivity contribution is -0.128. The molecule has 46 heavy (non-hydrogen) atoms. The Kier molecular flexibility index (Phi) is 10.1. The molecule has 1 amide bonds. The summed E-state index contributed by atoms with van der Waals surface area (Å²) in [6.45, 7) is 11.5. The van der Waals surface area contributed by atoms with E-state index in [0.717, 1.165) is 47.6 Å². The third-order valence-electron chi connectivity index (χ3n) is 8.45. The second kappa shape index (κ2) is 13.9. The van der Waals surface area contributed by atoms with Gasteiger partial charge < -0.3 is 23.7 Å². The molecule has 2 aliphatic rings. The highest BCUT2D eigenvalue weighted by atomic mass is 79.9. The van der Waals surface area contributed by atoms with Crippen LogP contribution < -0.4 is 4.74 Å². The molecule has 0 radical (unpaired) electrons. The molecule has 4 aromatic rings. The maximum Gasteiger partial charge on any atom is 0.233 e. The van der Waals surface area contributed by atoms with Crippen LogP contribution in [-0.4, -0.2) is 61.7 Å². The molecule has 0 spiro atoms. The zero-order valence-corrected chi connectivity index (χ0v) is 30.7. The van der Waals surface area contributed by atoms with E-state index in [0.29, 0.717) is 65.9 Å². The summed E-state index contributed by atoms with van der Waals surface area (Å²) in [5, 5.41) is 7.21. The van der Waals surface area contributed by atoms with Gasteiger partial charge in [-0.25, -0.2) is 9.67 Å². The van der Waals surface area contributed by atoms with Crippen LogP contribution >= 0.6 is 39.1 Å². The first-order valence-corrected chi connectivity index (χ1v) is 21.2. The number of pyridine rings is 1. The van der Waals surface area contributed by atoms with Gasteiger partial charge in [0.15, 0.2) is 12.1 Å². The molecule has 0 bridgehead atoms. The predicted molar refractivity (Wildman–Crippen MR) is 185 cm³/mol. The Labute approximate surface area is 288 Å². The van der Waals surface area contributed by atoms with E-state index in [9.17, 15) is 4.79 Å². The molecule has 3 aromatic heterocycles. The number of aromatic nitrogens is 5. The fraction of sp³-hybridized carbons (Fsp3) is 0.500. The molecule has 2 aliphatic heterocycles. The summed E-state index contributed by atoms with van der Waals surface area (Å²) < 4.78 is 22.9. The highest BCUT2D eigenvalue weighted by Crippen LogP contribution is 2.39. The molecule has 5 heterocycles. The van der Waals surface area contributed by atoms with Crippen LogP contribution in [0.1, 0.15) is 55.5 Å². The van der Waals surface area contributed by atoms with Gasteiger partial charge in [-0.15, -0.1) is 0 Å². The van der Waals surface area contributed by atoms with Crippen molar-refractivity contribution in [2.45, 2.75) is 84.0 Å². The van der Waals surface area contributed by atoms with Crippen molar-refractivity contribution in [2.24, 2.45) is 0 Å². The van der Waals surface area contributed by atoms with Crippen LogP contribution in [0.5, 0.6) is 5.75 Å². The number of amides is 1. The van der Waals surface area contributed by atoms with E-state index in [1.54, 1.807) is 12.4 Å².